The van der Waals surface area contributed by atoms with Crippen LogP contribution < -0.4 is 0 Å². The molecule has 548 valence electrons. The second kappa shape index (κ2) is 33.8. The molecule has 13 nitrogen and oxygen atoms in total. The molecule has 12 fully saturated rings. The third-order valence-electron chi connectivity index (χ3n) is 27.0. The minimum atomic E-state index is -0.415. The number of fused-ring (bicyclic) bond motifs is 11. The second-order valence-corrected chi connectivity index (χ2v) is 36.1. The van der Waals surface area contributed by atoms with Crippen LogP contribution in [0.5, 0.6) is 0 Å². The summed E-state index contributed by atoms with van der Waals surface area (Å²) in [5, 5.41) is 0. The van der Waals surface area contributed by atoms with E-state index in [0.29, 0.717) is 36.1 Å². The summed E-state index contributed by atoms with van der Waals surface area (Å²) < 4.78 is 46.6. The van der Waals surface area contributed by atoms with Crippen LogP contribution in [0.3, 0.4) is 0 Å². The number of carbonyl (C=O) groups excluding carboxylic acids is 5. The van der Waals surface area contributed by atoms with Crippen molar-refractivity contribution in [1.82, 2.24) is 0 Å². The zero-order valence-electron chi connectivity index (χ0n) is 64.3. The molecule has 13 atom stereocenters. The first kappa shape index (κ1) is 79.6. The van der Waals surface area contributed by atoms with Gasteiger partial charge < -0.3 is 37.9 Å². The number of esters is 5. The number of rotatable bonds is 22. The minimum absolute atomic E-state index is 0.0104. The molecule has 95 heavy (non-hydrogen) atoms. The predicted octanol–water partition coefficient (Wildman–Crippen LogP) is 20.6. The summed E-state index contributed by atoms with van der Waals surface area (Å²) in [5.74, 6) is 9.98. The second-order valence-electron chi connectivity index (χ2n) is 36.1. The lowest BCUT2D eigenvalue weighted by Crippen LogP contribution is -2.50. The molecule has 0 saturated heterocycles. The quantitative estimate of drug-likeness (QED) is 0.0332. The average Bonchev–Trinajstić information content (AvgIpc) is 1.56. The van der Waals surface area contributed by atoms with Gasteiger partial charge in [0.2, 0.25) is 0 Å². The van der Waals surface area contributed by atoms with Gasteiger partial charge in [0.05, 0.1) is 45.4 Å². The fourth-order valence-corrected chi connectivity index (χ4v) is 18.7. The Hall–Kier alpha value is -2.77. The van der Waals surface area contributed by atoms with Crippen molar-refractivity contribution in [1.29, 1.82) is 0 Å². The molecule has 0 radical (unpaired) electrons. The van der Waals surface area contributed by atoms with Gasteiger partial charge in [-0.2, -0.15) is 0 Å². The molecule has 0 aromatic carbocycles. The van der Waals surface area contributed by atoms with Crippen LogP contribution >= 0.6 is 0 Å². The summed E-state index contributed by atoms with van der Waals surface area (Å²) >= 11 is 0. The van der Waals surface area contributed by atoms with Crippen molar-refractivity contribution in [2.75, 3.05) is 0 Å². The molecular weight excluding hydrogens is 1190 g/mol. The van der Waals surface area contributed by atoms with E-state index < -0.39 is 35.1 Å². The highest BCUT2D eigenvalue weighted by atomic mass is 16.7. The van der Waals surface area contributed by atoms with Gasteiger partial charge in [-0.15, -0.1) is 0 Å². The van der Waals surface area contributed by atoms with Gasteiger partial charge in [-0.1, -0.05) is 67.2 Å². The Bertz CT molecular complexity index is 2410. The van der Waals surface area contributed by atoms with E-state index in [-0.39, 0.29) is 51.9 Å². The molecule has 13 unspecified atom stereocenters. The first-order valence-electron chi connectivity index (χ1n) is 39.6. The van der Waals surface area contributed by atoms with E-state index in [9.17, 15) is 24.0 Å². The standard InChI is InChI=1S/C20H32O3.C18H30O3.C15H26O3.C15H28O2.C14H26O2/c1-5-20(3,4)19(21)23-11(2)22-16-10-14-9-15(16)18-13-7-6-12(8-13)17(14)18;1-5-18(3,4)17(19)21-11(2)20-16-14-7-12-6-13(9-14)10-15(16)8-12;1-5-15(3,4)14(16)18-10(2)17-13-9-11-6-7-12(13)8-11;1-5-14(3,4)13(16)17-15(6-2)11-9-7-8-10-12-15;1-5-13(2,3)12(15)16-14(4)10-8-6-7-9-11-14/h11-18H,5-10H2,1-4H3;11-16H,5-10H2,1-4H3;10-13H,5-9H2,1-4H3;5-12H2,1-4H3;5-11H2,1-4H3. The van der Waals surface area contributed by atoms with Gasteiger partial charge in [0.15, 0.2) is 18.9 Å². The van der Waals surface area contributed by atoms with Gasteiger partial charge in [-0.3, -0.25) is 24.0 Å². The topological polar surface area (TPSA) is 159 Å². The van der Waals surface area contributed by atoms with Crippen molar-refractivity contribution < 1.29 is 61.9 Å². The summed E-state index contributed by atoms with van der Waals surface area (Å²) in [6.07, 6.45) is 37.7. The fourth-order valence-electron chi connectivity index (χ4n) is 18.7. The molecule has 12 aliphatic rings. The molecule has 12 saturated carbocycles. The van der Waals surface area contributed by atoms with Crippen molar-refractivity contribution in [3.8, 4) is 0 Å². The Balaban J connectivity index is 0.000000169. The third-order valence-corrected chi connectivity index (χ3v) is 27.0. The summed E-state index contributed by atoms with van der Waals surface area (Å²) in [6, 6.07) is 0. The highest BCUT2D eigenvalue weighted by Crippen LogP contribution is 2.68. The molecular formula is C82H142O13. The van der Waals surface area contributed by atoms with Crippen molar-refractivity contribution in [3.63, 3.8) is 0 Å². The molecule has 0 aromatic rings. The van der Waals surface area contributed by atoms with E-state index >= 15 is 0 Å². The van der Waals surface area contributed by atoms with Crippen molar-refractivity contribution in [3.05, 3.63) is 0 Å². The highest BCUT2D eigenvalue weighted by Gasteiger charge is 2.63. The van der Waals surface area contributed by atoms with Crippen LogP contribution in [0, 0.1) is 98.1 Å². The van der Waals surface area contributed by atoms with E-state index in [2.05, 4.69) is 13.8 Å². The van der Waals surface area contributed by atoms with Crippen LogP contribution in [0.2, 0.25) is 0 Å². The van der Waals surface area contributed by atoms with E-state index in [1.807, 2.05) is 125 Å². The molecule has 10 bridgehead atoms. The van der Waals surface area contributed by atoms with Crippen LogP contribution in [0.25, 0.3) is 0 Å². The zero-order chi connectivity index (χ0) is 70.1. The van der Waals surface area contributed by atoms with E-state index in [4.69, 9.17) is 37.9 Å². The molecule has 13 heteroatoms. The smallest absolute Gasteiger partial charge is 0.313 e. The van der Waals surface area contributed by atoms with Gasteiger partial charge in [0.25, 0.3) is 0 Å². The SMILES string of the molecule is CCC(C)(C)C(=O)OC(C)OC1C2CC3CC(C2)CC1C3.CCC(C)(C)C(=O)OC(C)OC1CC2CC1C1C3CCC(C3)C21.CCC(C)(C)C(=O)OC(C)OC1CC2CCC1C2.CCC(C)(C)C(=O)OC1(C)CCCCCC1.CCC1(OC(=O)C(C)(C)CC)CCCCCC1. The third kappa shape index (κ3) is 20.7. The lowest BCUT2D eigenvalue weighted by atomic mass is 9.55. The van der Waals surface area contributed by atoms with Crippen LogP contribution in [-0.4, -0.2) is 78.2 Å². The predicted molar refractivity (Wildman–Crippen MR) is 377 cm³/mol. The van der Waals surface area contributed by atoms with Crippen molar-refractivity contribution >= 4 is 29.8 Å². The Labute approximate surface area is 579 Å². The van der Waals surface area contributed by atoms with Crippen LogP contribution in [-0.2, 0) is 61.9 Å². The van der Waals surface area contributed by atoms with E-state index in [1.165, 1.54) is 135 Å². The normalized spacial score (nSPS) is 33.1. The molecule has 0 spiro atoms. The average molecular weight is 1340 g/mol. The summed E-state index contributed by atoms with van der Waals surface area (Å²) in [4.78, 5) is 60.6. The first-order valence-corrected chi connectivity index (χ1v) is 39.6. The van der Waals surface area contributed by atoms with Gasteiger partial charge in [-0.25, -0.2) is 0 Å². The van der Waals surface area contributed by atoms with Gasteiger partial charge in [-0.05, 0) is 348 Å². The lowest BCUT2D eigenvalue weighted by molar-refractivity contribution is -0.224. The fraction of sp³-hybridized carbons (Fsp3) is 0.939. The van der Waals surface area contributed by atoms with Gasteiger partial charge in [0.1, 0.15) is 11.2 Å². The maximum Gasteiger partial charge on any atom is 0.313 e. The van der Waals surface area contributed by atoms with Crippen LogP contribution in [0.1, 0.15) is 344 Å². The van der Waals surface area contributed by atoms with Crippen molar-refractivity contribution in [2.45, 2.75) is 392 Å². The Morgan fingerprint density at radius 2 is 0.758 bits per heavy atom. The minimum Gasteiger partial charge on any atom is -0.459 e. The molecule has 0 heterocycles. The van der Waals surface area contributed by atoms with Crippen LogP contribution in [0.15, 0.2) is 0 Å². The number of ether oxygens (including phenoxy) is 8. The Morgan fingerprint density at radius 3 is 1.18 bits per heavy atom. The Morgan fingerprint density at radius 1 is 0.368 bits per heavy atom. The lowest BCUT2D eigenvalue weighted by Gasteiger charge is -2.54. The molecule has 0 aliphatic heterocycles. The number of carbonyl (C=O) groups is 5. The van der Waals surface area contributed by atoms with Gasteiger partial charge >= 0.3 is 29.8 Å². The maximum atomic E-state index is 12.2. The maximum absolute atomic E-state index is 12.2. The summed E-state index contributed by atoms with van der Waals surface area (Å²) in [5.41, 5.74) is -2.29. The summed E-state index contributed by atoms with van der Waals surface area (Å²) in [7, 11) is 0. The number of hydrogen-bond acceptors (Lipinski definition) is 13. The van der Waals surface area contributed by atoms with Gasteiger partial charge in [0, 0.05) is 0 Å². The van der Waals surface area contributed by atoms with Crippen LogP contribution in [0.4, 0.5) is 0 Å². The molecule has 0 amide bonds. The van der Waals surface area contributed by atoms with E-state index in [1.54, 1.807) is 0 Å². The molecule has 0 aromatic heterocycles. The summed E-state index contributed by atoms with van der Waals surface area (Å²) in [6.45, 7) is 39.5. The largest absolute Gasteiger partial charge is 0.459 e. The van der Waals surface area contributed by atoms with E-state index in [0.717, 1.165) is 124 Å². The van der Waals surface area contributed by atoms with Crippen molar-refractivity contribution in [2.24, 2.45) is 98.1 Å². The highest BCUT2D eigenvalue weighted by molar-refractivity contribution is 5.78. The molecule has 0 N–H and O–H groups in total. The molecule has 12 aliphatic carbocycles. The zero-order valence-corrected chi connectivity index (χ0v) is 64.3. The first-order chi connectivity index (χ1) is 44.6. The molecule has 12 rings (SSSR count). The monoisotopic (exact) mass is 1340 g/mol. The number of hydrogen-bond donors (Lipinski definition) is 0. The Kier molecular flexibility index (Phi) is 28.3.